The summed E-state index contributed by atoms with van der Waals surface area (Å²) in [6, 6.07) is 5.83. The minimum atomic E-state index is -0.320. The Morgan fingerprint density at radius 1 is 1.06 bits per heavy atom. The number of piperazine rings is 1. The van der Waals surface area contributed by atoms with Gasteiger partial charge in [-0.15, -0.1) is 11.3 Å². The molecule has 7 heteroatoms. The van der Waals surface area contributed by atoms with Gasteiger partial charge in [0.2, 0.25) is 0 Å². The summed E-state index contributed by atoms with van der Waals surface area (Å²) in [4.78, 5) is 29.8. The van der Waals surface area contributed by atoms with Gasteiger partial charge in [0, 0.05) is 42.5 Å². The first kappa shape index (κ1) is 20.1. The molecular formula is C25H27FN4OS. The van der Waals surface area contributed by atoms with Crippen LogP contribution in [-0.4, -0.2) is 47.0 Å². The van der Waals surface area contributed by atoms with Gasteiger partial charge in [-0.1, -0.05) is 6.92 Å². The van der Waals surface area contributed by atoms with Gasteiger partial charge in [0.25, 0.3) is 5.91 Å². The molecule has 1 atom stereocenters. The van der Waals surface area contributed by atoms with Crippen LogP contribution in [0.15, 0.2) is 24.3 Å². The van der Waals surface area contributed by atoms with Crippen molar-refractivity contribution < 1.29 is 9.18 Å². The van der Waals surface area contributed by atoms with E-state index in [2.05, 4.69) is 11.8 Å². The van der Waals surface area contributed by atoms with E-state index in [1.54, 1.807) is 12.1 Å². The molecule has 0 bridgehead atoms. The van der Waals surface area contributed by atoms with Gasteiger partial charge in [-0.25, -0.2) is 14.4 Å². The summed E-state index contributed by atoms with van der Waals surface area (Å²) in [6.07, 6.45) is 5.86. The van der Waals surface area contributed by atoms with Crippen LogP contribution in [0, 0.1) is 11.7 Å². The number of aromatic nitrogens is 2. The van der Waals surface area contributed by atoms with Crippen molar-refractivity contribution >= 4 is 33.3 Å². The number of amides is 1. The summed E-state index contributed by atoms with van der Waals surface area (Å²) in [6.45, 7) is 5.13. The molecule has 1 saturated carbocycles. The Kier molecular flexibility index (Phi) is 4.90. The highest BCUT2D eigenvalue weighted by molar-refractivity contribution is 7.19. The Morgan fingerprint density at radius 3 is 2.53 bits per heavy atom. The standard InChI is InChI=1S/C25H27FN4OS/c1-15-2-9-19-20(14-15)32-24-21(19)23(27-22(28-24)16-3-4-16)29-10-12-30(13-11-29)25(31)17-5-7-18(26)8-6-17/h5-8,15-16H,2-4,9-14H2,1H3. The normalized spacial score (nSPS) is 21.1. The largest absolute Gasteiger partial charge is 0.352 e. The van der Waals surface area contributed by atoms with Crippen LogP contribution in [0.5, 0.6) is 0 Å². The van der Waals surface area contributed by atoms with Crippen molar-refractivity contribution in [3.8, 4) is 0 Å². The van der Waals surface area contributed by atoms with E-state index in [-0.39, 0.29) is 11.7 Å². The Balaban J connectivity index is 1.29. The van der Waals surface area contributed by atoms with E-state index in [0.29, 0.717) is 24.6 Å². The van der Waals surface area contributed by atoms with Crippen LogP contribution in [0.25, 0.3) is 10.2 Å². The maximum atomic E-state index is 13.2. The molecule has 1 unspecified atom stereocenters. The van der Waals surface area contributed by atoms with Crippen molar-refractivity contribution in [1.29, 1.82) is 0 Å². The number of anilines is 1. The predicted octanol–water partition coefficient (Wildman–Crippen LogP) is 4.80. The molecule has 3 aliphatic rings. The van der Waals surface area contributed by atoms with Crippen molar-refractivity contribution in [2.75, 3.05) is 31.1 Å². The van der Waals surface area contributed by atoms with Gasteiger partial charge in [0.15, 0.2) is 0 Å². The third-order valence-corrected chi connectivity index (χ3v) is 8.20. The lowest BCUT2D eigenvalue weighted by molar-refractivity contribution is 0.0746. The molecule has 1 saturated heterocycles. The number of benzene rings is 1. The van der Waals surface area contributed by atoms with E-state index in [0.717, 1.165) is 48.3 Å². The first-order chi connectivity index (χ1) is 15.6. The minimum absolute atomic E-state index is 0.0296. The summed E-state index contributed by atoms with van der Waals surface area (Å²) in [5, 5.41) is 1.26. The third kappa shape index (κ3) is 3.56. The van der Waals surface area contributed by atoms with Crippen LogP contribution >= 0.6 is 11.3 Å². The number of aryl methyl sites for hydroxylation is 1. The van der Waals surface area contributed by atoms with Crippen LogP contribution in [-0.2, 0) is 12.8 Å². The number of rotatable bonds is 3. The van der Waals surface area contributed by atoms with Crippen LogP contribution in [0.3, 0.4) is 0 Å². The molecule has 1 aromatic carbocycles. The van der Waals surface area contributed by atoms with Gasteiger partial charge in [-0.2, -0.15) is 0 Å². The maximum absolute atomic E-state index is 13.2. The molecule has 1 aliphatic heterocycles. The van der Waals surface area contributed by atoms with Gasteiger partial charge < -0.3 is 9.80 Å². The van der Waals surface area contributed by atoms with Crippen molar-refractivity contribution in [2.45, 2.75) is 44.9 Å². The van der Waals surface area contributed by atoms with E-state index in [1.807, 2.05) is 16.2 Å². The zero-order chi connectivity index (χ0) is 21.8. The molecule has 2 fully saturated rings. The summed E-state index contributed by atoms with van der Waals surface area (Å²) in [5.41, 5.74) is 2.01. The second-order valence-electron chi connectivity index (χ2n) is 9.50. The number of hydrogen-bond donors (Lipinski definition) is 0. The summed E-state index contributed by atoms with van der Waals surface area (Å²) in [7, 11) is 0. The molecule has 1 amide bonds. The van der Waals surface area contributed by atoms with Crippen LogP contribution in [0.1, 0.15) is 58.7 Å². The molecule has 0 N–H and O–H groups in total. The minimum Gasteiger partial charge on any atom is -0.352 e. The van der Waals surface area contributed by atoms with E-state index in [1.165, 1.54) is 47.2 Å². The van der Waals surface area contributed by atoms with Crippen LogP contribution in [0.2, 0.25) is 0 Å². The monoisotopic (exact) mass is 450 g/mol. The predicted molar refractivity (Wildman–Crippen MR) is 125 cm³/mol. The number of carbonyl (C=O) groups is 1. The van der Waals surface area contributed by atoms with Crippen molar-refractivity contribution in [2.24, 2.45) is 5.92 Å². The molecule has 5 nitrogen and oxygen atoms in total. The Hall–Kier alpha value is -2.54. The van der Waals surface area contributed by atoms with Crippen molar-refractivity contribution in [3.63, 3.8) is 0 Å². The average molecular weight is 451 g/mol. The lowest BCUT2D eigenvalue weighted by Crippen LogP contribution is -2.49. The van der Waals surface area contributed by atoms with E-state index in [9.17, 15) is 9.18 Å². The molecule has 166 valence electrons. The van der Waals surface area contributed by atoms with Gasteiger partial charge in [0.05, 0.1) is 5.39 Å². The molecule has 0 spiro atoms. The quantitative estimate of drug-likeness (QED) is 0.575. The lowest BCUT2D eigenvalue weighted by atomic mass is 9.89. The van der Waals surface area contributed by atoms with E-state index in [4.69, 9.17) is 9.97 Å². The SMILES string of the molecule is CC1CCc2c(sc3nc(C4CC4)nc(N4CCN(C(=O)c5ccc(F)cc5)CC4)c23)C1. The highest BCUT2D eigenvalue weighted by Gasteiger charge is 2.32. The summed E-state index contributed by atoms with van der Waals surface area (Å²) in [5.74, 6) is 2.98. The smallest absolute Gasteiger partial charge is 0.253 e. The second kappa shape index (κ2) is 7.80. The fourth-order valence-corrected chi connectivity index (χ4v) is 6.37. The maximum Gasteiger partial charge on any atom is 0.253 e. The Bertz CT molecular complexity index is 1180. The number of carbonyl (C=O) groups excluding carboxylic acids is 1. The van der Waals surface area contributed by atoms with Crippen molar-refractivity contribution in [1.82, 2.24) is 14.9 Å². The first-order valence-electron chi connectivity index (χ1n) is 11.7. The van der Waals surface area contributed by atoms with Gasteiger partial charge in [0.1, 0.15) is 22.3 Å². The number of halogens is 1. The molecule has 2 aliphatic carbocycles. The molecule has 3 heterocycles. The fourth-order valence-electron chi connectivity index (χ4n) is 4.99. The van der Waals surface area contributed by atoms with E-state index < -0.39 is 0 Å². The average Bonchev–Trinajstić information content (AvgIpc) is 3.59. The number of thiophene rings is 1. The molecule has 6 rings (SSSR count). The van der Waals surface area contributed by atoms with Gasteiger partial charge >= 0.3 is 0 Å². The van der Waals surface area contributed by atoms with Crippen molar-refractivity contribution in [3.05, 3.63) is 51.9 Å². The number of hydrogen-bond acceptors (Lipinski definition) is 5. The summed E-state index contributed by atoms with van der Waals surface area (Å²) >= 11 is 1.87. The highest BCUT2D eigenvalue weighted by atomic mass is 32.1. The topological polar surface area (TPSA) is 49.3 Å². The third-order valence-electron chi connectivity index (χ3n) is 7.05. The molecular weight excluding hydrogens is 423 g/mol. The van der Waals surface area contributed by atoms with E-state index >= 15 is 0 Å². The van der Waals surface area contributed by atoms with Gasteiger partial charge in [-0.05, 0) is 67.9 Å². The second-order valence-corrected chi connectivity index (χ2v) is 10.6. The van der Waals surface area contributed by atoms with Crippen LogP contribution < -0.4 is 4.90 Å². The molecule has 3 aromatic rings. The molecule has 32 heavy (non-hydrogen) atoms. The molecule has 2 aromatic heterocycles. The Morgan fingerprint density at radius 2 is 1.81 bits per heavy atom. The lowest BCUT2D eigenvalue weighted by Gasteiger charge is -2.36. The zero-order valence-electron chi connectivity index (χ0n) is 18.3. The first-order valence-corrected chi connectivity index (χ1v) is 12.5. The highest BCUT2D eigenvalue weighted by Crippen LogP contribution is 2.44. The fraction of sp³-hybridized carbons (Fsp3) is 0.480. The van der Waals surface area contributed by atoms with Crippen LogP contribution in [0.4, 0.5) is 10.2 Å². The zero-order valence-corrected chi connectivity index (χ0v) is 19.1. The van der Waals surface area contributed by atoms with Gasteiger partial charge in [-0.3, -0.25) is 4.79 Å². The number of nitrogens with zero attached hydrogens (tertiary/aromatic N) is 4. The summed E-state index contributed by atoms with van der Waals surface area (Å²) < 4.78 is 13.2. The molecule has 0 radical (unpaired) electrons. The number of fused-ring (bicyclic) bond motifs is 3. The Labute approximate surface area is 191 Å².